The summed E-state index contributed by atoms with van der Waals surface area (Å²) < 4.78 is 12.0. The lowest BCUT2D eigenvalue weighted by atomic mass is 9.53. The zero-order valence-electron chi connectivity index (χ0n) is 17.6. The van der Waals surface area contributed by atoms with Crippen molar-refractivity contribution in [2.45, 2.75) is 89.9 Å². The van der Waals surface area contributed by atoms with Gasteiger partial charge in [0.1, 0.15) is 5.75 Å². The van der Waals surface area contributed by atoms with Crippen molar-refractivity contribution >= 4 is 0 Å². The first-order chi connectivity index (χ1) is 12.8. The lowest BCUT2D eigenvalue weighted by Crippen LogP contribution is -2.52. The lowest BCUT2D eigenvalue weighted by Gasteiger charge is -2.54. The Morgan fingerprint density at radius 1 is 1.19 bits per heavy atom. The van der Waals surface area contributed by atoms with Crippen molar-refractivity contribution in [1.29, 1.82) is 0 Å². The van der Waals surface area contributed by atoms with E-state index in [-0.39, 0.29) is 29.1 Å². The molecular weight excluding hydrogens is 336 g/mol. The average Bonchev–Trinajstić information content (AvgIpc) is 2.97. The molecule has 6 atom stereocenters. The number of hydrogen-bond acceptors (Lipinski definition) is 3. The number of aliphatic hydroxyl groups excluding tert-OH is 1. The van der Waals surface area contributed by atoms with E-state index in [0.29, 0.717) is 11.8 Å². The summed E-state index contributed by atoms with van der Waals surface area (Å²) in [7, 11) is 1.73. The molecule has 0 aromatic heterocycles. The third-order valence-corrected chi connectivity index (χ3v) is 7.71. The molecule has 4 rings (SSSR count). The summed E-state index contributed by atoms with van der Waals surface area (Å²) in [5, 5.41) is 11.4. The monoisotopic (exact) mass is 372 g/mol. The fourth-order valence-electron chi connectivity index (χ4n) is 6.75. The summed E-state index contributed by atoms with van der Waals surface area (Å²) in [6, 6.07) is 6.46. The maximum atomic E-state index is 11.4. The van der Waals surface area contributed by atoms with Gasteiger partial charge in [-0.2, -0.15) is 0 Å². The topological polar surface area (TPSA) is 38.7 Å². The molecule has 1 N–H and O–H groups in total. The fraction of sp³-hybridized carbons (Fsp3) is 0.750. The molecule has 0 amide bonds. The average molecular weight is 373 g/mol. The van der Waals surface area contributed by atoms with Crippen LogP contribution < -0.4 is 4.74 Å². The minimum Gasteiger partial charge on any atom is -0.497 e. The zero-order chi connectivity index (χ0) is 19.4. The Hall–Kier alpha value is -1.06. The van der Waals surface area contributed by atoms with Crippen LogP contribution in [-0.2, 0) is 11.2 Å². The van der Waals surface area contributed by atoms with Gasteiger partial charge < -0.3 is 14.6 Å². The smallest absolute Gasteiger partial charge is 0.119 e. The number of aliphatic hydroxyl groups is 1. The second-order valence-corrected chi connectivity index (χ2v) is 10.1. The van der Waals surface area contributed by atoms with Crippen LogP contribution in [0.5, 0.6) is 5.75 Å². The molecule has 1 aromatic rings. The Labute approximate surface area is 164 Å². The summed E-state index contributed by atoms with van der Waals surface area (Å²) in [5.74, 6) is 2.44. The largest absolute Gasteiger partial charge is 0.497 e. The van der Waals surface area contributed by atoms with Gasteiger partial charge >= 0.3 is 0 Å². The Balaban J connectivity index is 1.68. The second-order valence-electron chi connectivity index (χ2n) is 10.1. The van der Waals surface area contributed by atoms with Gasteiger partial charge in [0.2, 0.25) is 0 Å². The highest BCUT2D eigenvalue weighted by atomic mass is 16.5. The van der Waals surface area contributed by atoms with Crippen LogP contribution in [0.25, 0.3) is 0 Å². The van der Waals surface area contributed by atoms with E-state index in [1.165, 1.54) is 24.0 Å². The van der Waals surface area contributed by atoms with Crippen molar-refractivity contribution in [3.05, 3.63) is 29.3 Å². The van der Waals surface area contributed by atoms with Gasteiger partial charge in [0, 0.05) is 11.3 Å². The first-order valence-corrected chi connectivity index (χ1v) is 10.8. The highest BCUT2D eigenvalue weighted by Crippen LogP contribution is 2.63. The van der Waals surface area contributed by atoms with Crippen LogP contribution in [0.4, 0.5) is 0 Å². The van der Waals surface area contributed by atoms with Crippen molar-refractivity contribution in [1.82, 2.24) is 0 Å². The van der Waals surface area contributed by atoms with Gasteiger partial charge in [-0.1, -0.05) is 13.0 Å². The fourth-order valence-corrected chi connectivity index (χ4v) is 6.75. The highest BCUT2D eigenvalue weighted by molar-refractivity contribution is 5.41. The molecule has 0 spiro atoms. The number of rotatable bonds is 3. The van der Waals surface area contributed by atoms with Crippen molar-refractivity contribution < 1.29 is 14.6 Å². The zero-order valence-corrected chi connectivity index (χ0v) is 17.6. The first kappa shape index (κ1) is 19.3. The van der Waals surface area contributed by atoms with E-state index in [1.54, 1.807) is 7.11 Å². The minimum absolute atomic E-state index is 0.126. The number of methoxy groups -OCH3 is 1. The van der Waals surface area contributed by atoms with E-state index in [0.717, 1.165) is 31.4 Å². The molecule has 3 aliphatic rings. The van der Waals surface area contributed by atoms with Crippen LogP contribution >= 0.6 is 0 Å². The van der Waals surface area contributed by atoms with Gasteiger partial charge in [-0.3, -0.25) is 0 Å². The normalized spacial score (nSPS) is 38.1. The standard InChI is InChI=1S/C24H36O3/c1-6-24-14-20(25)22-17-10-8-16(26-5)13-15(17)7-9-18(22)19(24)11-12-21(24)27-23(2,3)4/h8,10,13,18-22,25H,6-7,9,11-12,14H2,1-5H3/t18-,19-,20+,21-,22+,24-/m0/s1. The molecule has 3 nitrogen and oxygen atoms in total. The van der Waals surface area contributed by atoms with Crippen LogP contribution in [0, 0.1) is 17.3 Å². The van der Waals surface area contributed by atoms with Crippen LogP contribution in [0.3, 0.4) is 0 Å². The maximum absolute atomic E-state index is 11.4. The summed E-state index contributed by atoms with van der Waals surface area (Å²) in [4.78, 5) is 0. The molecule has 0 saturated heterocycles. The molecule has 27 heavy (non-hydrogen) atoms. The SMILES string of the molecule is CC[C@]12C[C@@H](O)[C@@H]3c4ccc(OC)cc4CC[C@H]3[C@@H]1CC[C@@H]2OC(C)(C)C. The van der Waals surface area contributed by atoms with Crippen molar-refractivity contribution in [2.75, 3.05) is 7.11 Å². The maximum Gasteiger partial charge on any atom is 0.119 e. The number of aryl methyl sites for hydroxylation is 1. The third kappa shape index (κ3) is 3.11. The molecule has 0 radical (unpaired) electrons. The third-order valence-electron chi connectivity index (χ3n) is 7.71. The van der Waals surface area contributed by atoms with E-state index in [2.05, 4.69) is 45.9 Å². The van der Waals surface area contributed by atoms with E-state index in [4.69, 9.17) is 9.47 Å². The quantitative estimate of drug-likeness (QED) is 0.802. The molecule has 3 aliphatic carbocycles. The molecule has 3 heteroatoms. The van der Waals surface area contributed by atoms with Crippen LogP contribution in [-0.4, -0.2) is 30.0 Å². The predicted molar refractivity (Wildman–Crippen MR) is 108 cm³/mol. The van der Waals surface area contributed by atoms with Crippen LogP contribution in [0.15, 0.2) is 18.2 Å². The van der Waals surface area contributed by atoms with Crippen LogP contribution in [0.1, 0.15) is 76.8 Å². The van der Waals surface area contributed by atoms with Crippen molar-refractivity contribution in [2.24, 2.45) is 17.3 Å². The Bertz CT molecular complexity index is 691. The molecule has 0 heterocycles. The second kappa shape index (κ2) is 6.77. The van der Waals surface area contributed by atoms with Gasteiger partial charge in [0.25, 0.3) is 0 Å². The van der Waals surface area contributed by atoms with E-state index in [9.17, 15) is 5.11 Å². The molecular formula is C24H36O3. The van der Waals surface area contributed by atoms with Gasteiger partial charge in [0.05, 0.1) is 24.9 Å². The van der Waals surface area contributed by atoms with E-state index < -0.39 is 0 Å². The molecule has 0 aliphatic heterocycles. The highest BCUT2D eigenvalue weighted by Gasteiger charge is 2.60. The van der Waals surface area contributed by atoms with E-state index >= 15 is 0 Å². The van der Waals surface area contributed by atoms with Crippen molar-refractivity contribution in [3.8, 4) is 5.75 Å². The number of hydrogen-bond donors (Lipinski definition) is 1. The molecule has 0 unspecified atom stereocenters. The summed E-state index contributed by atoms with van der Waals surface area (Å²) in [6.45, 7) is 8.80. The predicted octanol–water partition coefficient (Wildman–Crippen LogP) is 5.10. The molecule has 150 valence electrons. The number of benzene rings is 1. The summed E-state index contributed by atoms with van der Waals surface area (Å²) in [6.07, 6.45) is 6.64. The molecule has 1 aromatic carbocycles. The van der Waals surface area contributed by atoms with Gasteiger partial charge in [-0.05, 0) is 94.4 Å². The first-order valence-electron chi connectivity index (χ1n) is 10.8. The van der Waals surface area contributed by atoms with E-state index in [1.807, 2.05) is 0 Å². The molecule has 0 bridgehead atoms. The number of ether oxygens (including phenoxy) is 2. The van der Waals surface area contributed by atoms with Gasteiger partial charge in [-0.25, -0.2) is 0 Å². The Morgan fingerprint density at radius 2 is 1.96 bits per heavy atom. The lowest BCUT2D eigenvalue weighted by molar-refractivity contribution is -0.152. The van der Waals surface area contributed by atoms with Gasteiger partial charge in [0.15, 0.2) is 0 Å². The van der Waals surface area contributed by atoms with Crippen LogP contribution in [0.2, 0.25) is 0 Å². The van der Waals surface area contributed by atoms with Gasteiger partial charge in [-0.15, -0.1) is 0 Å². The molecule has 2 saturated carbocycles. The Morgan fingerprint density at radius 3 is 2.63 bits per heavy atom. The summed E-state index contributed by atoms with van der Waals surface area (Å²) in [5.41, 5.74) is 2.75. The summed E-state index contributed by atoms with van der Waals surface area (Å²) >= 11 is 0. The number of fused-ring (bicyclic) bond motifs is 5. The Kier molecular flexibility index (Phi) is 4.83. The minimum atomic E-state index is -0.275. The molecule has 2 fully saturated rings. The van der Waals surface area contributed by atoms with Crippen molar-refractivity contribution in [3.63, 3.8) is 0 Å².